The van der Waals surface area contributed by atoms with Gasteiger partial charge in [0.05, 0.1) is 5.92 Å². The van der Waals surface area contributed by atoms with Gasteiger partial charge in [-0.05, 0) is 0 Å². The van der Waals surface area contributed by atoms with E-state index >= 15 is 0 Å². The van der Waals surface area contributed by atoms with Crippen molar-refractivity contribution in [2.24, 2.45) is 0 Å². The minimum Gasteiger partial charge on any atom is -0.339 e. The van der Waals surface area contributed by atoms with Crippen LogP contribution in [0.2, 0.25) is 0 Å². The van der Waals surface area contributed by atoms with Gasteiger partial charge in [0, 0.05) is 13.1 Å². The lowest BCUT2D eigenvalue weighted by molar-refractivity contribution is 0.307. The molecule has 1 aromatic heterocycles. The van der Waals surface area contributed by atoms with Crippen molar-refractivity contribution in [3.05, 3.63) is 12.2 Å². The number of nitrogens with one attached hydrogen (secondary N) is 1. The first-order valence-corrected chi connectivity index (χ1v) is 2.94. The minimum absolute atomic E-state index is 0. The van der Waals surface area contributed by atoms with Crippen LogP contribution in [0, 0.1) is 0 Å². The molecule has 0 aliphatic carbocycles. The first kappa shape index (κ1) is 7.50. The van der Waals surface area contributed by atoms with E-state index in [1.807, 2.05) is 0 Å². The van der Waals surface area contributed by atoms with E-state index in [9.17, 15) is 0 Å². The van der Waals surface area contributed by atoms with Crippen LogP contribution in [0.4, 0.5) is 0 Å². The smallest absolute Gasteiger partial charge is 0.232 e. The summed E-state index contributed by atoms with van der Waals surface area (Å²) in [5.41, 5.74) is 0. The van der Waals surface area contributed by atoms with Crippen LogP contribution in [0.15, 0.2) is 10.9 Å². The average Bonchev–Trinajstić information content (AvgIpc) is 2.11. The summed E-state index contributed by atoms with van der Waals surface area (Å²) in [6.07, 6.45) is 1.44. The van der Waals surface area contributed by atoms with Gasteiger partial charge in [0.15, 0.2) is 6.33 Å². The zero-order valence-corrected chi connectivity index (χ0v) is 6.10. The third-order valence-corrected chi connectivity index (χ3v) is 1.51. The molecule has 0 bridgehead atoms. The number of aromatic nitrogens is 2. The van der Waals surface area contributed by atoms with Crippen LogP contribution in [-0.2, 0) is 0 Å². The van der Waals surface area contributed by atoms with Gasteiger partial charge in [0.1, 0.15) is 0 Å². The normalized spacial score (nSPS) is 17.6. The highest BCUT2D eigenvalue weighted by atomic mass is 35.5. The lowest BCUT2D eigenvalue weighted by Gasteiger charge is -2.22. The van der Waals surface area contributed by atoms with E-state index in [4.69, 9.17) is 4.52 Å². The second-order valence-corrected chi connectivity index (χ2v) is 2.13. The third-order valence-electron chi connectivity index (χ3n) is 1.51. The fourth-order valence-electron chi connectivity index (χ4n) is 0.825. The van der Waals surface area contributed by atoms with Crippen LogP contribution in [0.5, 0.6) is 0 Å². The molecule has 1 saturated heterocycles. The highest BCUT2D eigenvalue weighted by Crippen LogP contribution is 2.15. The van der Waals surface area contributed by atoms with Crippen LogP contribution in [0.3, 0.4) is 0 Å². The van der Waals surface area contributed by atoms with Crippen molar-refractivity contribution >= 4 is 12.4 Å². The van der Waals surface area contributed by atoms with E-state index in [-0.39, 0.29) is 12.4 Å². The van der Waals surface area contributed by atoms with Gasteiger partial charge in [-0.1, -0.05) is 5.16 Å². The lowest BCUT2D eigenvalue weighted by atomic mass is 10.0. The van der Waals surface area contributed by atoms with Crippen molar-refractivity contribution < 1.29 is 4.52 Å². The Labute approximate surface area is 64.4 Å². The molecule has 56 valence electrons. The average molecular weight is 162 g/mol. The Balaban J connectivity index is 0.000000500. The van der Waals surface area contributed by atoms with Crippen LogP contribution < -0.4 is 5.32 Å². The maximum atomic E-state index is 4.84. The van der Waals surface area contributed by atoms with Crippen molar-refractivity contribution in [1.82, 2.24) is 15.5 Å². The fourth-order valence-corrected chi connectivity index (χ4v) is 0.825. The Morgan fingerprint density at radius 2 is 2.40 bits per heavy atom. The third kappa shape index (κ3) is 1.12. The van der Waals surface area contributed by atoms with Crippen molar-refractivity contribution in [1.29, 1.82) is 0 Å². The Morgan fingerprint density at radius 3 is 2.80 bits per heavy atom. The number of hydrogen-bond donors (Lipinski definition) is 1. The monoisotopic (exact) mass is 161 g/mol. The first-order chi connectivity index (χ1) is 4.47. The van der Waals surface area contributed by atoms with E-state index in [0.29, 0.717) is 5.92 Å². The van der Waals surface area contributed by atoms with Gasteiger partial charge < -0.3 is 9.84 Å². The summed E-state index contributed by atoms with van der Waals surface area (Å²) in [6.45, 7) is 1.95. The highest BCUT2D eigenvalue weighted by molar-refractivity contribution is 5.85. The molecule has 1 N–H and O–H groups in total. The number of hydrogen-bond acceptors (Lipinski definition) is 4. The molecule has 0 unspecified atom stereocenters. The maximum Gasteiger partial charge on any atom is 0.232 e. The predicted molar refractivity (Wildman–Crippen MR) is 37.2 cm³/mol. The van der Waals surface area contributed by atoms with E-state index in [1.54, 1.807) is 0 Å². The summed E-state index contributed by atoms with van der Waals surface area (Å²) >= 11 is 0. The SMILES string of the molecule is Cl.c1noc(C2CNC2)n1. The lowest BCUT2D eigenvalue weighted by Crippen LogP contribution is -2.40. The second kappa shape index (κ2) is 2.98. The van der Waals surface area contributed by atoms with Gasteiger partial charge in [0.2, 0.25) is 5.89 Å². The molecule has 2 rings (SSSR count). The summed E-state index contributed by atoms with van der Waals surface area (Å²) in [7, 11) is 0. The molecule has 1 aliphatic heterocycles. The molecule has 5 heteroatoms. The van der Waals surface area contributed by atoms with E-state index in [0.717, 1.165) is 19.0 Å². The molecule has 0 spiro atoms. The van der Waals surface area contributed by atoms with Gasteiger partial charge in [-0.2, -0.15) is 4.98 Å². The van der Waals surface area contributed by atoms with Gasteiger partial charge >= 0.3 is 0 Å². The summed E-state index contributed by atoms with van der Waals surface area (Å²) in [4.78, 5) is 3.92. The molecule has 0 amide bonds. The van der Waals surface area contributed by atoms with E-state index in [2.05, 4.69) is 15.5 Å². The Kier molecular flexibility index (Phi) is 2.24. The predicted octanol–water partition coefficient (Wildman–Crippen LogP) is 0.178. The van der Waals surface area contributed by atoms with Crippen molar-refractivity contribution in [2.45, 2.75) is 5.92 Å². The largest absolute Gasteiger partial charge is 0.339 e. The van der Waals surface area contributed by atoms with Crippen molar-refractivity contribution in [2.75, 3.05) is 13.1 Å². The van der Waals surface area contributed by atoms with Crippen molar-refractivity contribution in [3.63, 3.8) is 0 Å². The molecule has 0 saturated carbocycles. The van der Waals surface area contributed by atoms with Gasteiger partial charge in [-0.3, -0.25) is 0 Å². The van der Waals surface area contributed by atoms with Gasteiger partial charge in [0.25, 0.3) is 0 Å². The van der Waals surface area contributed by atoms with Crippen LogP contribution in [0.25, 0.3) is 0 Å². The number of nitrogens with zero attached hydrogens (tertiary/aromatic N) is 2. The molecule has 10 heavy (non-hydrogen) atoms. The topological polar surface area (TPSA) is 51.0 Å². The molecule has 4 nitrogen and oxygen atoms in total. The van der Waals surface area contributed by atoms with Crippen molar-refractivity contribution in [3.8, 4) is 0 Å². The fraction of sp³-hybridized carbons (Fsp3) is 0.600. The zero-order valence-electron chi connectivity index (χ0n) is 5.28. The highest BCUT2D eigenvalue weighted by Gasteiger charge is 2.23. The van der Waals surface area contributed by atoms with Gasteiger partial charge in [-0.15, -0.1) is 12.4 Å². The molecule has 1 aliphatic rings. The molecule has 1 fully saturated rings. The molecular formula is C5H8ClN3O. The molecule has 1 aromatic rings. The summed E-state index contributed by atoms with van der Waals surface area (Å²) in [5, 5.41) is 6.63. The van der Waals surface area contributed by atoms with Crippen LogP contribution in [0.1, 0.15) is 11.8 Å². The van der Waals surface area contributed by atoms with E-state index in [1.165, 1.54) is 6.33 Å². The molecule has 0 radical (unpaired) electrons. The Hall–Kier alpha value is -0.610. The Morgan fingerprint density at radius 1 is 1.60 bits per heavy atom. The van der Waals surface area contributed by atoms with Gasteiger partial charge in [-0.25, -0.2) is 0 Å². The quantitative estimate of drug-likeness (QED) is 0.639. The molecule has 2 heterocycles. The summed E-state index contributed by atoms with van der Waals surface area (Å²) < 4.78 is 4.84. The summed E-state index contributed by atoms with van der Waals surface area (Å²) in [6, 6.07) is 0. The standard InChI is InChI=1S/C5H7N3O.ClH/c1-4(2-6-1)5-7-3-8-9-5;/h3-4,6H,1-2H2;1H. The number of halogens is 1. The molecular weight excluding hydrogens is 154 g/mol. The maximum absolute atomic E-state index is 4.84. The zero-order chi connectivity index (χ0) is 6.10. The molecule has 0 aromatic carbocycles. The van der Waals surface area contributed by atoms with E-state index < -0.39 is 0 Å². The second-order valence-electron chi connectivity index (χ2n) is 2.13. The minimum atomic E-state index is 0. The summed E-state index contributed by atoms with van der Waals surface area (Å²) in [5.74, 6) is 1.22. The first-order valence-electron chi connectivity index (χ1n) is 2.94. The van der Waals surface area contributed by atoms with Crippen LogP contribution >= 0.6 is 12.4 Å². The molecule has 0 atom stereocenters. The van der Waals surface area contributed by atoms with Crippen LogP contribution in [-0.4, -0.2) is 23.2 Å². The number of rotatable bonds is 1. The Bertz CT molecular complexity index is 185.